The fraction of sp³-hybridized carbons (Fsp3) is 0.500. The predicted molar refractivity (Wildman–Crippen MR) is 74.8 cm³/mol. The molecule has 1 saturated heterocycles. The van der Waals surface area contributed by atoms with Gasteiger partial charge in [-0.05, 0) is 50.9 Å². The van der Waals surface area contributed by atoms with Crippen molar-refractivity contribution in [2.75, 3.05) is 13.1 Å². The number of aryl methyl sites for hydroxylation is 2. The van der Waals surface area contributed by atoms with Gasteiger partial charge in [-0.25, -0.2) is 0 Å². The van der Waals surface area contributed by atoms with Gasteiger partial charge in [0, 0.05) is 23.1 Å². The Labute approximate surface area is 108 Å². The molecule has 1 aromatic carbocycles. The smallest absolute Gasteiger partial charge is 0.0520 e. The van der Waals surface area contributed by atoms with Crippen LogP contribution in [0.25, 0.3) is 10.9 Å². The van der Waals surface area contributed by atoms with Crippen LogP contribution in [0.15, 0.2) is 24.3 Å². The van der Waals surface area contributed by atoms with Crippen LogP contribution in [-0.4, -0.2) is 22.6 Å². The van der Waals surface area contributed by atoms with Gasteiger partial charge in [-0.2, -0.15) is 0 Å². The standard InChI is InChI=1S/C16H20N2/c1-12-13-6-2-3-7-14(13)18-11-8-15(16(12)18)17-9-4-5-10-17/h2-3,6-7,15H,4-5,8-11H2,1H3. The second-order valence-electron chi connectivity index (χ2n) is 5.73. The minimum absolute atomic E-state index is 0.680. The molecule has 4 rings (SSSR count). The summed E-state index contributed by atoms with van der Waals surface area (Å²) in [6, 6.07) is 9.56. The summed E-state index contributed by atoms with van der Waals surface area (Å²) in [7, 11) is 0. The molecule has 1 unspecified atom stereocenters. The van der Waals surface area contributed by atoms with E-state index in [1.807, 2.05) is 0 Å². The Morgan fingerprint density at radius 3 is 2.67 bits per heavy atom. The Bertz CT molecular complexity index is 590. The van der Waals surface area contributed by atoms with Crippen LogP contribution in [0.1, 0.15) is 36.6 Å². The summed E-state index contributed by atoms with van der Waals surface area (Å²) in [4.78, 5) is 2.70. The van der Waals surface area contributed by atoms with Crippen molar-refractivity contribution < 1.29 is 0 Å². The Kier molecular flexibility index (Phi) is 2.28. The van der Waals surface area contributed by atoms with Crippen molar-refractivity contribution in [3.8, 4) is 0 Å². The molecule has 2 nitrogen and oxygen atoms in total. The lowest BCUT2D eigenvalue weighted by molar-refractivity contribution is 0.245. The van der Waals surface area contributed by atoms with E-state index in [1.165, 1.54) is 55.4 Å². The Morgan fingerprint density at radius 1 is 1.06 bits per heavy atom. The van der Waals surface area contributed by atoms with Gasteiger partial charge < -0.3 is 4.57 Å². The first-order valence-electron chi connectivity index (χ1n) is 7.18. The van der Waals surface area contributed by atoms with E-state index in [-0.39, 0.29) is 0 Å². The van der Waals surface area contributed by atoms with Crippen molar-refractivity contribution in [2.24, 2.45) is 0 Å². The highest BCUT2D eigenvalue weighted by Gasteiger charge is 2.32. The molecule has 2 aliphatic heterocycles. The molecule has 2 aliphatic rings. The maximum Gasteiger partial charge on any atom is 0.0520 e. The van der Waals surface area contributed by atoms with E-state index >= 15 is 0 Å². The number of benzene rings is 1. The Hall–Kier alpha value is -1.28. The lowest BCUT2D eigenvalue weighted by Gasteiger charge is -2.23. The topological polar surface area (TPSA) is 8.17 Å². The SMILES string of the molecule is Cc1c2n(c3ccccc13)CCC2N1CCCC1. The number of fused-ring (bicyclic) bond motifs is 3. The van der Waals surface area contributed by atoms with E-state index in [4.69, 9.17) is 0 Å². The fourth-order valence-electron chi connectivity index (χ4n) is 3.96. The molecule has 1 aromatic heterocycles. The molecule has 2 aromatic rings. The molecule has 0 bridgehead atoms. The maximum atomic E-state index is 2.70. The van der Waals surface area contributed by atoms with Crippen LogP contribution in [0.3, 0.4) is 0 Å². The third-order valence-corrected chi connectivity index (χ3v) is 4.80. The number of nitrogens with zero attached hydrogens (tertiary/aromatic N) is 2. The van der Waals surface area contributed by atoms with Crippen molar-refractivity contribution in [3.63, 3.8) is 0 Å². The van der Waals surface area contributed by atoms with Crippen LogP contribution in [-0.2, 0) is 6.54 Å². The molecule has 0 aliphatic carbocycles. The number of likely N-dealkylation sites (tertiary alicyclic amines) is 1. The largest absolute Gasteiger partial charge is 0.343 e. The summed E-state index contributed by atoms with van der Waals surface area (Å²) in [6.45, 7) is 6.10. The lowest BCUT2D eigenvalue weighted by Crippen LogP contribution is -2.24. The first kappa shape index (κ1) is 10.6. The molecule has 0 saturated carbocycles. The number of hydrogen-bond acceptors (Lipinski definition) is 1. The van der Waals surface area contributed by atoms with Gasteiger partial charge in [0.25, 0.3) is 0 Å². The molecule has 1 fully saturated rings. The van der Waals surface area contributed by atoms with Gasteiger partial charge in [0.1, 0.15) is 0 Å². The normalized spacial score (nSPS) is 23.9. The predicted octanol–water partition coefficient (Wildman–Crippen LogP) is 3.49. The minimum atomic E-state index is 0.680. The Balaban J connectivity index is 1.88. The summed E-state index contributed by atoms with van der Waals surface area (Å²) in [5.74, 6) is 0. The molecular weight excluding hydrogens is 220 g/mol. The molecule has 0 N–H and O–H groups in total. The van der Waals surface area contributed by atoms with Gasteiger partial charge in [0.05, 0.1) is 6.04 Å². The van der Waals surface area contributed by atoms with Crippen LogP contribution in [0.4, 0.5) is 0 Å². The second kappa shape index (κ2) is 3.86. The van der Waals surface area contributed by atoms with Gasteiger partial charge in [-0.3, -0.25) is 4.90 Å². The molecule has 18 heavy (non-hydrogen) atoms. The zero-order valence-corrected chi connectivity index (χ0v) is 11.0. The van der Waals surface area contributed by atoms with Crippen LogP contribution < -0.4 is 0 Å². The van der Waals surface area contributed by atoms with Crippen molar-refractivity contribution in [1.29, 1.82) is 0 Å². The number of hydrogen-bond donors (Lipinski definition) is 0. The zero-order valence-electron chi connectivity index (χ0n) is 11.0. The van der Waals surface area contributed by atoms with E-state index in [1.54, 1.807) is 5.69 Å². The second-order valence-corrected chi connectivity index (χ2v) is 5.73. The Morgan fingerprint density at radius 2 is 1.83 bits per heavy atom. The van der Waals surface area contributed by atoms with E-state index < -0.39 is 0 Å². The fourth-order valence-corrected chi connectivity index (χ4v) is 3.96. The molecular formula is C16H20N2. The number of rotatable bonds is 1. The van der Waals surface area contributed by atoms with Gasteiger partial charge in [-0.1, -0.05) is 18.2 Å². The highest BCUT2D eigenvalue weighted by atomic mass is 15.2. The van der Waals surface area contributed by atoms with Gasteiger partial charge >= 0.3 is 0 Å². The van der Waals surface area contributed by atoms with E-state index in [0.717, 1.165) is 0 Å². The third kappa shape index (κ3) is 1.33. The average Bonchev–Trinajstić information content (AvgIpc) is 3.09. The van der Waals surface area contributed by atoms with Gasteiger partial charge in [-0.15, -0.1) is 0 Å². The summed E-state index contributed by atoms with van der Waals surface area (Å²) in [5.41, 5.74) is 4.55. The van der Waals surface area contributed by atoms with Crippen LogP contribution in [0.2, 0.25) is 0 Å². The van der Waals surface area contributed by atoms with Crippen molar-refractivity contribution in [3.05, 3.63) is 35.5 Å². The first-order chi connectivity index (χ1) is 8.86. The first-order valence-corrected chi connectivity index (χ1v) is 7.18. The highest BCUT2D eigenvalue weighted by Crippen LogP contribution is 2.40. The molecule has 0 amide bonds. The van der Waals surface area contributed by atoms with Crippen LogP contribution in [0.5, 0.6) is 0 Å². The summed E-state index contributed by atoms with van der Waals surface area (Å²) >= 11 is 0. The summed E-state index contributed by atoms with van der Waals surface area (Å²) in [5, 5.41) is 1.45. The molecule has 2 heteroatoms. The van der Waals surface area contributed by atoms with Gasteiger partial charge in [0.15, 0.2) is 0 Å². The molecule has 94 valence electrons. The summed E-state index contributed by atoms with van der Waals surface area (Å²) in [6.07, 6.45) is 4.08. The number of aromatic nitrogens is 1. The van der Waals surface area contributed by atoms with E-state index in [9.17, 15) is 0 Å². The number of para-hydroxylation sites is 1. The van der Waals surface area contributed by atoms with Crippen LogP contribution >= 0.6 is 0 Å². The average molecular weight is 240 g/mol. The molecule has 1 atom stereocenters. The van der Waals surface area contributed by atoms with Crippen LogP contribution in [0, 0.1) is 6.92 Å². The monoisotopic (exact) mass is 240 g/mol. The van der Waals surface area contributed by atoms with E-state index in [2.05, 4.69) is 40.7 Å². The van der Waals surface area contributed by atoms with E-state index in [0.29, 0.717) is 6.04 Å². The molecule has 0 spiro atoms. The van der Waals surface area contributed by atoms with Crippen molar-refractivity contribution >= 4 is 10.9 Å². The van der Waals surface area contributed by atoms with Crippen molar-refractivity contribution in [2.45, 2.75) is 38.8 Å². The lowest BCUT2D eigenvalue weighted by atomic mass is 10.1. The molecule has 3 heterocycles. The molecule has 0 radical (unpaired) electrons. The quantitative estimate of drug-likeness (QED) is 0.740. The summed E-state index contributed by atoms with van der Waals surface area (Å²) < 4.78 is 2.56. The van der Waals surface area contributed by atoms with Gasteiger partial charge in [0.2, 0.25) is 0 Å². The zero-order chi connectivity index (χ0) is 12.1. The maximum absolute atomic E-state index is 2.70. The van der Waals surface area contributed by atoms with Crippen molar-refractivity contribution in [1.82, 2.24) is 9.47 Å². The minimum Gasteiger partial charge on any atom is -0.343 e. The third-order valence-electron chi connectivity index (χ3n) is 4.80. The highest BCUT2D eigenvalue weighted by molar-refractivity contribution is 5.85.